The van der Waals surface area contributed by atoms with E-state index in [1.165, 1.54) is 46.3 Å². The second kappa shape index (κ2) is 7.94. The number of amides is 2. The lowest BCUT2D eigenvalue weighted by Crippen LogP contribution is -2.70. The van der Waals surface area contributed by atoms with Crippen molar-refractivity contribution in [3.8, 4) is 0 Å². The van der Waals surface area contributed by atoms with E-state index < -0.39 is 23.3 Å². The number of carboxylic acid groups (broad SMARTS) is 1. The van der Waals surface area contributed by atoms with Crippen molar-refractivity contribution in [1.29, 1.82) is 0 Å². The van der Waals surface area contributed by atoms with Crippen molar-refractivity contribution in [2.45, 2.75) is 22.2 Å². The fraction of sp³-hybridized carbons (Fsp3) is 0.235. The van der Waals surface area contributed by atoms with Gasteiger partial charge in [0.1, 0.15) is 23.4 Å². The molecule has 0 radical (unpaired) electrons. The third-order valence-corrected chi connectivity index (χ3v) is 7.47. The summed E-state index contributed by atoms with van der Waals surface area (Å²) in [4.78, 5) is 42.6. The highest BCUT2D eigenvalue weighted by Crippen LogP contribution is 2.45. The van der Waals surface area contributed by atoms with Gasteiger partial charge in [-0.2, -0.15) is 4.37 Å². The molecule has 2 atom stereocenters. The summed E-state index contributed by atoms with van der Waals surface area (Å²) in [6.07, 6.45) is 1.57. The minimum atomic E-state index is -1.17. The minimum absolute atomic E-state index is 0.0393. The fourth-order valence-corrected chi connectivity index (χ4v) is 6.07. The van der Waals surface area contributed by atoms with E-state index in [0.717, 1.165) is 5.56 Å². The third kappa shape index (κ3) is 3.64. The summed E-state index contributed by atoms with van der Waals surface area (Å²) in [5, 5.41) is 12.0. The number of hydrogen-bond acceptors (Lipinski definition) is 8. The lowest BCUT2D eigenvalue weighted by molar-refractivity contribution is -0.150. The lowest BCUT2D eigenvalue weighted by atomic mass is 10.0. The number of nitrogens with zero attached hydrogens (tertiary/aromatic N) is 3. The van der Waals surface area contributed by atoms with Gasteiger partial charge in [0.15, 0.2) is 4.34 Å². The molecule has 0 unspecified atom stereocenters. The van der Waals surface area contributed by atoms with Crippen LogP contribution in [0.4, 0.5) is 0 Å². The number of thioether (sulfide) groups is 2. The number of carbonyl (C=O) groups excluding carboxylic acids is 2. The Bertz CT molecular complexity index is 949. The monoisotopic (exact) mass is 434 g/mol. The second-order valence-electron chi connectivity index (χ2n) is 6.00. The number of benzene rings is 1. The highest BCUT2D eigenvalue weighted by Gasteiger charge is 2.54. The predicted molar refractivity (Wildman–Crippen MR) is 106 cm³/mol. The van der Waals surface area contributed by atoms with Crippen molar-refractivity contribution in [2.24, 2.45) is 0 Å². The number of nitrogens with one attached hydrogen (secondary N) is 1. The van der Waals surface area contributed by atoms with Crippen molar-refractivity contribution < 1.29 is 19.5 Å². The van der Waals surface area contributed by atoms with Gasteiger partial charge in [0.2, 0.25) is 5.91 Å². The number of hydrogen-bond donors (Lipinski definition) is 2. The van der Waals surface area contributed by atoms with Crippen LogP contribution in [0.25, 0.3) is 0 Å². The normalized spacial score (nSPS) is 21.1. The molecule has 2 amide bonds. The molecular weight excluding hydrogens is 420 g/mol. The summed E-state index contributed by atoms with van der Waals surface area (Å²) in [7, 11) is 0. The maximum atomic E-state index is 12.6. The van der Waals surface area contributed by atoms with E-state index in [9.17, 15) is 19.5 Å². The zero-order chi connectivity index (χ0) is 19.7. The maximum absolute atomic E-state index is 12.6. The molecule has 1 aromatic carbocycles. The number of β-lactam (4-membered cyclic amide) rings is 1. The van der Waals surface area contributed by atoms with Crippen molar-refractivity contribution in [1.82, 2.24) is 19.6 Å². The van der Waals surface area contributed by atoms with Gasteiger partial charge < -0.3 is 10.4 Å². The van der Waals surface area contributed by atoms with Gasteiger partial charge in [-0.25, -0.2) is 9.78 Å². The van der Waals surface area contributed by atoms with E-state index in [-0.39, 0.29) is 18.0 Å². The molecule has 11 heteroatoms. The van der Waals surface area contributed by atoms with Crippen LogP contribution in [0.1, 0.15) is 5.56 Å². The fourth-order valence-electron chi connectivity index (χ4n) is 2.99. The quantitative estimate of drug-likeness (QED) is 0.659. The Labute approximate surface area is 172 Å². The van der Waals surface area contributed by atoms with E-state index in [1.54, 1.807) is 0 Å². The molecule has 0 bridgehead atoms. The molecule has 2 aromatic rings. The number of fused-ring (bicyclic) bond motifs is 1. The highest BCUT2D eigenvalue weighted by atomic mass is 32.2. The number of rotatable bonds is 6. The summed E-state index contributed by atoms with van der Waals surface area (Å²) >= 11 is 3.80. The number of carboxylic acids is 1. The molecule has 0 aliphatic carbocycles. The van der Waals surface area contributed by atoms with Gasteiger partial charge in [-0.3, -0.25) is 14.5 Å². The van der Waals surface area contributed by atoms with Gasteiger partial charge >= 0.3 is 5.97 Å². The van der Waals surface area contributed by atoms with Crippen LogP contribution in [0.2, 0.25) is 0 Å². The topological polar surface area (TPSA) is 112 Å². The smallest absolute Gasteiger partial charge is 0.353 e. The molecule has 3 heterocycles. The van der Waals surface area contributed by atoms with Crippen molar-refractivity contribution in [3.05, 3.63) is 52.8 Å². The first kappa shape index (κ1) is 19.0. The van der Waals surface area contributed by atoms with E-state index in [0.29, 0.717) is 15.0 Å². The van der Waals surface area contributed by atoms with Crippen LogP contribution in [0.5, 0.6) is 0 Å². The highest BCUT2D eigenvalue weighted by molar-refractivity contribution is 8.07. The molecule has 1 saturated heterocycles. The van der Waals surface area contributed by atoms with Gasteiger partial charge in [-0.05, 0) is 17.1 Å². The van der Waals surface area contributed by atoms with Gasteiger partial charge in [0.05, 0.1) is 6.42 Å². The standard InChI is InChI=1S/C17H14N4O4S3/c22-11(6-9-4-2-1-3-5-9)20-12-14(23)21-13(16(24)25)10(7-26-15(12)21)27-17-18-8-19-28-17/h1-5,8,12,15H,6-7H2,(H,20,22)(H,24,25)/t12-,15+/m1/s1. The van der Waals surface area contributed by atoms with E-state index in [1.807, 2.05) is 30.3 Å². The zero-order valence-electron chi connectivity index (χ0n) is 14.3. The molecule has 0 spiro atoms. The predicted octanol–water partition coefficient (Wildman–Crippen LogP) is 1.57. The van der Waals surface area contributed by atoms with Crippen LogP contribution in [-0.4, -0.2) is 54.3 Å². The molecule has 1 fully saturated rings. The second-order valence-corrected chi connectivity index (χ2v) is 9.23. The van der Waals surface area contributed by atoms with E-state index >= 15 is 0 Å². The first-order valence-electron chi connectivity index (χ1n) is 8.23. The molecule has 2 aliphatic heterocycles. The summed E-state index contributed by atoms with van der Waals surface area (Å²) in [6.45, 7) is 0. The minimum Gasteiger partial charge on any atom is -0.477 e. The first-order valence-corrected chi connectivity index (χ1v) is 10.9. The molecule has 0 saturated carbocycles. The molecule has 2 aliphatic rings. The van der Waals surface area contributed by atoms with Gasteiger partial charge in [-0.1, -0.05) is 42.1 Å². The van der Waals surface area contributed by atoms with Crippen LogP contribution in [0.3, 0.4) is 0 Å². The van der Waals surface area contributed by atoms with Gasteiger partial charge in [0.25, 0.3) is 5.91 Å². The Morgan fingerprint density at radius 3 is 2.79 bits per heavy atom. The number of aliphatic carboxylic acids is 1. The Morgan fingerprint density at radius 2 is 2.11 bits per heavy atom. The van der Waals surface area contributed by atoms with Crippen LogP contribution in [-0.2, 0) is 20.8 Å². The van der Waals surface area contributed by atoms with Crippen LogP contribution < -0.4 is 5.32 Å². The van der Waals surface area contributed by atoms with Crippen molar-refractivity contribution >= 4 is 52.8 Å². The third-order valence-electron chi connectivity index (χ3n) is 4.21. The lowest BCUT2D eigenvalue weighted by Gasteiger charge is -2.49. The SMILES string of the molecule is O=C(Cc1ccccc1)N[C@@H]1C(=O)N2C(C(=O)O)=C(Sc3ncns3)CS[C@@H]12. The average molecular weight is 435 g/mol. The molecule has 8 nitrogen and oxygen atoms in total. The summed E-state index contributed by atoms with van der Waals surface area (Å²) < 4.78 is 4.52. The first-order chi connectivity index (χ1) is 13.5. The largest absolute Gasteiger partial charge is 0.477 e. The molecule has 2 N–H and O–H groups in total. The Morgan fingerprint density at radius 1 is 1.32 bits per heavy atom. The zero-order valence-corrected chi connectivity index (χ0v) is 16.7. The Hall–Kier alpha value is -2.37. The van der Waals surface area contributed by atoms with Crippen molar-refractivity contribution in [3.63, 3.8) is 0 Å². The van der Waals surface area contributed by atoms with Crippen LogP contribution in [0, 0.1) is 0 Å². The molecule has 1 aromatic heterocycles. The van der Waals surface area contributed by atoms with Gasteiger partial charge in [-0.15, -0.1) is 11.8 Å². The Kier molecular flexibility index (Phi) is 5.38. The maximum Gasteiger partial charge on any atom is 0.353 e. The molecule has 28 heavy (non-hydrogen) atoms. The number of aromatic nitrogens is 2. The van der Waals surface area contributed by atoms with Crippen LogP contribution in [0.15, 0.2) is 51.6 Å². The summed E-state index contributed by atoms with van der Waals surface area (Å²) in [5.41, 5.74) is 0.810. The van der Waals surface area contributed by atoms with Crippen LogP contribution >= 0.6 is 35.1 Å². The van der Waals surface area contributed by atoms with Gasteiger partial charge in [0, 0.05) is 10.7 Å². The van der Waals surface area contributed by atoms with Crippen molar-refractivity contribution in [2.75, 3.05) is 5.75 Å². The summed E-state index contributed by atoms with van der Waals surface area (Å²) in [5.74, 6) is -1.42. The van der Waals surface area contributed by atoms with E-state index in [2.05, 4.69) is 14.7 Å². The Balaban J connectivity index is 1.47. The summed E-state index contributed by atoms with van der Waals surface area (Å²) in [6, 6.07) is 8.51. The molecular formula is C17H14N4O4S3. The number of carbonyl (C=O) groups is 3. The average Bonchev–Trinajstić information content (AvgIpc) is 3.19. The molecule has 144 valence electrons. The molecule has 4 rings (SSSR count). The van der Waals surface area contributed by atoms with E-state index in [4.69, 9.17) is 0 Å².